The van der Waals surface area contributed by atoms with E-state index < -0.39 is 5.97 Å². The maximum atomic E-state index is 12.2. The fourth-order valence-corrected chi connectivity index (χ4v) is 3.14. The monoisotopic (exact) mass is 357 g/mol. The maximum absolute atomic E-state index is 12.2. The quantitative estimate of drug-likeness (QED) is 0.578. The van der Waals surface area contributed by atoms with Crippen LogP contribution in [0.2, 0.25) is 0 Å². The first-order valence-electron chi connectivity index (χ1n) is 8.76. The molecule has 26 heavy (non-hydrogen) atoms. The Balaban J connectivity index is 1.58. The normalized spacial score (nSPS) is 18.8. The number of benzene rings is 1. The van der Waals surface area contributed by atoms with Crippen molar-refractivity contribution in [3.8, 4) is 0 Å². The highest BCUT2D eigenvalue weighted by molar-refractivity contribution is 6.30. The van der Waals surface area contributed by atoms with Gasteiger partial charge in [-0.15, -0.1) is 0 Å². The number of hydrogen-bond donors (Lipinski definition) is 0. The molecule has 6 nitrogen and oxygen atoms in total. The van der Waals surface area contributed by atoms with E-state index in [0.717, 1.165) is 11.3 Å². The highest BCUT2D eigenvalue weighted by Gasteiger charge is 2.41. The summed E-state index contributed by atoms with van der Waals surface area (Å²) in [5, 5.41) is 0. The predicted molar refractivity (Wildman–Crippen MR) is 95.7 cm³/mol. The van der Waals surface area contributed by atoms with Crippen LogP contribution in [0.1, 0.15) is 37.6 Å². The summed E-state index contributed by atoms with van der Waals surface area (Å²) in [6.45, 7) is 7.67. The molecule has 3 rings (SSSR count). The molecule has 2 heterocycles. The molecule has 6 heteroatoms. The van der Waals surface area contributed by atoms with Gasteiger partial charge in [-0.05, 0) is 43.5 Å². The van der Waals surface area contributed by atoms with Gasteiger partial charge in [-0.3, -0.25) is 9.59 Å². The second-order valence-electron chi connectivity index (χ2n) is 7.25. The lowest BCUT2D eigenvalue weighted by atomic mass is 9.73. The van der Waals surface area contributed by atoms with Crippen molar-refractivity contribution in [3.05, 3.63) is 41.5 Å². The summed E-state index contributed by atoms with van der Waals surface area (Å²) >= 11 is 0. The summed E-state index contributed by atoms with van der Waals surface area (Å²) in [5.74, 6) is -0.650. The lowest BCUT2D eigenvalue weighted by Gasteiger charge is -2.44. The number of esters is 1. The minimum atomic E-state index is -0.413. The second kappa shape index (κ2) is 7.03. The molecule has 0 atom stereocenters. The molecule has 0 spiro atoms. The van der Waals surface area contributed by atoms with Gasteiger partial charge in [-0.1, -0.05) is 13.8 Å². The Labute approximate surface area is 152 Å². The molecule has 0 bridgehead atoms. The van der Waals surface area contributed by atoms with Crippen LogP contribution < -0.4 is 4.90 Å². The summed E-state index contributed by atoms with van der Waals surface area (Å²) in [6.07, 6.45) is 2.08. The minimum absolute atomic E-state index is 0.103. The summed E-state index contributed by atoms with van der Waals surface area (Å²) in [4.78, 5) is 37.2. The summed E-state index contributed by atoms with van der Waals surface area (Å²) < 4.78 is 10.7. The highest BCUT2D eigenvalue weighted by Crippen LogP contribution is 2.39. The van der Waals surface area contributed by atoms with Crippen LogP contribution in [-0.4, -0.2) is 37.6 Å². The standard InChI is InChI=1S/C20H23NO5/c1-13(2)20(11-25-12-20)8-9-26-19(24)15-4-6-16(7-5-15)21-17(22)10-14(3)18(21)23/h4-7,10,13H,8-9,11-12H2,1-3H3. The minimum Gasteiger partial charge on any atom is -0.462 e. The first-order valence-corrected chi connectivity index (χ1v) is 8.76. The van der Waals surface area contributed by atoms with E-state index in [1.165, 1.54) is 6.08 Å². The first-order chi connectivity index (χ1) is 12.3. The van der Waals surface area contributed by atoms with E-state index in [1.54, 1.807) is 31.2 Å². The Hall–Kier alpha value is -2.47. The van der Waals surface area contributed by atoms with Gasteiger partial charge >= 0.3 is 5.97 Å². The van der Waals surface area contributed by atoms with Gasteiger partial charge in [0.1, 0.15) is 0 Å². The van der Waals surface area contributed by atoms with Crippen molar-refractivity contribution >= 4 is 23.5 Å². The molecule has 0 aliphatic carbocycles. The average Bonchev–Trinajstić information content (AvgIpc) is 2.82. The number of hydrogen-bond acceptors (Lipinski definition) is 5. The van der Waals surface area contributed by atoms with Crippen molar-refractivity contribution in [2.24, 2.45) is 11.3 Å². The number of carbonyl (C=O) groups is 3. The molecule has 1 aromatic rings. The smallest absolute Gasteiger partial charge is 0.338 e. The molecule has 2 amide bonds. The van der Waals surface area contributed by atoms with E-state index >= 15 is 0 Å². The van der Waals surface area contributed by atoms with Gasteiger partial charge in [0.25, 0.3) is 11.8 Å². The number of carbonyl (C=O) groups excluding carboxylic acids is 3. The second-order valence-corrected chi connectivity index (χ2v) is 7.25. The van der Waals surface area contributed by atoms with E-state index in [4.69, 9.17) is 9.47 Å². The molecule has 1 fully saturated rings. The zero-order valence-corrected chi connectivity index (χ0v) is 15.3. The molecular weight excluding hydrogens is 334 g/mol. The van der Waals surface area contributed by atoms with Crippen LogP contribution >= 0.6 is 0 Å². The topological polar surface area (TPSA) is 72.9 Å². The van der Waals surface area contributed by atoms with Crippen LogP contribution in [0.3, 0.4) is 0 Å². The number of ether oxygens (including phenoxy) is 2. The van der Waals surface area contributed by atoms with Gasteiger partial charge in [-0.25, -0.2) is 9.69 Å². The summed E-state index contributed by atoms with van der Waals surface area (Å²) in [7, 11) is 0. The zero-order valence-electron chi connectivity index (χ0n) is 15.3. The molecular formula is C20H23NO5. The third-order valence-corrected chi connectivity index (χ3v) is 5.30. The Kier molecular flexibility index (Phi) is 4.96. The fourth-order valence-electron chi connectivity index (χ4n) is 3.14. The van der Waals surface area contributed by atoms with Crippen LogP contribution in [0, 0.1) is 11.3 Å². The molecule has 0 saturated carbocycles. The van der Waals surface area contributed by atoms with Crippen molar-refractivity contribution in [3.63, 3.8) is 0 Å². The number of imide groups is 1. The third kappa shape index (κ3) is 3.29. The summed E-state index contributed by atoms with van der Waals surface area (Å²) in [6, 6.07) is 6.29. The van der Waals surface area contributed by atoms with E-state index in [1.807, 2.05) is 0 Å². The Morgan fingerprint density at radius 3 is 2.35 bits per heavy atom. The molecule has 0 aromatic heterocycles. The molecule has 0 N–H and O–H groups in total. The Morgan fingerprint density at radius 1 is 1.23 bits per heavy atom. The summed E-state index contributed by atoms with van der Waals surface area (Å²) in [5.41, 5.74) is 1.33. The van der Waals surface area contributed by atoms with E-state index in [0.29, 0.717) is 42.6 Å². The number of anilines is 1. The van der Waals surface area contributed by atoms with Crippen molar-refractivity contribution < 1.29 is 23.9 Å². The lowest BCUT2D eigenvalue weighted by Crippen LogP contribution is -2.47. The largest absolute Gasteiger partial charge is 0.462 e. The maximum Gasteiger partial charge on any atom is 0.338 e. The van der Waals surface area contributed by atoms with Crippen molar-refractivity contribution in [1.82, 2.24) is 0 Å². The number of amides is 2. The van der Waals surface area contributed by atoms with Gasteiger partial charge in [-0.2, -0.15) is 0 Å². The van der Waals surface area contributed by atoms with E-state index in [2.05, 4.69) is 13.8 Å². The van der Waals surface area contributed by atoms with Crippen molar-refractivity contribution in [2.45, 2.75) is 27.2 Å². The molecule has 138 valence electrons. The highest BCUT2D eigenvalue weighted by atomic mass is 16.5. The fraction of sp³-hybridized carbons (Fsp3) is 0.450. The molecule has 0 radical (unpaired) electrons. The Bertz CT molecular complexity index is 759. The van der Waals surface area contributed by atoms with Crippen LogP contribution in [0.25, 0.3) is 0 Å². The van der Waals surface area contributed by atoms with E-state index in [-0.39, 0.29) is 17.2 Å². The van der Waals surface area contributed by atoms with Gasteiger partial charge < -0.3 is 9.47 Å². The number of rotatable bonds is 6. The predicted octanol–water partition coefficient (Wildman–Crippen LogP) is 2.73. The molecule has 1 aromatic carbocycles. The average molecular weight is 357 g/mol. The lowest BCUT2D eigenvalue weighted by molar-refractivity contribution is -0.148. The van der Waals surface area contributed by atoms with Crippen LogP contribution in [0.5, 0.6) is 0 Å². The Morgan fingerprint density at radius 2 is 1.88 bits per heavy atom. The third-order valence-electron chi connectivity index (χ3n) is 5.30. The van der Waals surface area contributed by atoms with E-state index in [9.17, 15) is 14.4 Å². The zero-order chi connectivity index (χ0) is 18.9. The SMILES string of the molecule is CC1=CC(=O)N(c2ccc(C(=O)OCCC3(C(C)C)COC3)cc2)C1=O. The molecule has 0 unspecified atom stereocenters. The van der Waals surface area contributed by atoms with Crippen LogP contribution in [0.15, 0.2) is 35.9 Å². The molecule has 2 aliphatic heterocycles. The van der Waals surface area contributed by atoms with Gasteiger partial charge in [0.2, 0.25) is 0 Å². The van der Waals surface area contributed by atoms with Gasteiger partial charge in [0.15, 0.2) is 0 Å². The van der Waals surface area contributed by atoms with Crippen molar-refractivity contribution in [2.75, 3.05) is 24.7 Å². The number of nitrogens with zero attached hydrogens (tertiary/aromatic N) is 1. The van der Waals surface area contributed by atoms with Crippen LogP contribution in [-0.2, 0) is 19.1 Å². The first kappa shape index (κ1) is 18.3. The molecule has 1 saturated heterocycles. The van der Waals surface area contributed by atoms with Gasteiger partial charge in [0, 0.05) is 17.1 Å². The molecule has 2 aliphatic rings. The van der Waals surface area contributed by atoms with Gasteiger partial charge in [0.05, 0.1) is 31.1 Å². The van der Waals surface area contributed by atoms with Crippen molar-refractivity contribution in [1.29, 1.82) is 0 Å². The van der Waals surface area contributed by atoms with Crippen LogP contribution in [0.4, 0.5) is 5.69 Å².